The molecule has 0 aromatic heterocycles. The third-order valence-electron chi connectivity index (χ3n) is 10.5. The average molecular weight is 1010 g/mol. The molecule has 0 aliphatic carbocycles. The molecule has 71 heavy (non-hydrogen) atoms. The standard InChI is InChI=1S/C42H76N16O13/c1-7-22(6)33(39(69)55-25(12-13-28(44)59)36(66)56-27(17-31(62)63)38(68)58-32(21(4)5)40(70)71)57-30(61)19-51-34(64)23(10-8-14-49-41(45)46)53-35(65)24(11-9-15-50-42(47)48)54-37(67)26(16-20(2)3)52-29(60)18-43/h20-27,32-33H,7-19,43H2,1-6H3,(H2,44,59)(H,51,64)(H,52,60)(H,53,65)(H,54,67)(H,55,69)(H,56,66)(H,57,61)(H,58,68)(H,62,63)(H,70,71)(H4,45,46,49)(H4,47,48,50)/t22-,23-,24-,25-,26-,27-,32-,33-/m0/s1. The summed E-state index contributed by atoms with van der Waals surface area (Å²) in [5.74, 6) is -12.9. The molecule has 0 aliphatic rings. The molecule has 0 bridgehead atoms. The predicted molar refractivity (Wildman–Crippen MR) is 257 cm³/mol. The SMILES string of the molecule is CC[C@H](C)[C@H](NC(=O)CNC(=O)[C@H](CCCN=C(N)N)NC(=O)[C@H](CCCN=C(N)N)NC(=O)[C@H](CC(C)C)NC(=O)CN)C(=O)N[C@@H](CCC(N)=O)C(=O)N[C@@H](CC(=O)O)C(=O)N[C@H](C(=O)O)C(C)C. The molecule has 0 saturated heterocycles. The number of primary amides is 1. The van der Waals surface area contributed by atoms with Gasteiger partial charge >= 0.3 is 11.9 Å². The first-order valence-corrected chi connectivity index (χ1v) is 23.1. The third-order valence-corrected chi connectivity index (χ3v) is 10.5. The lowest BCUT2D eigenvalue weighted by Crippen LogP contribution is -2.60. The maximum Gasteiger partial charge on any atom is 0.326 e. The van der Waals surface area contributed by atoms with Crippen molar-refractivity contribution >= 4 is 77.0 Å². The summed E-state index contributed by atoms with van der Waals surface area (Å²) in [4.78, 5) is 150. The Kier molecular flexibility index (Phi) is 29.8. The van der Waals surface area contributed by atoms with Gasteiger partial charge in [0.05, 0.1) is 19.5 Å². The van der Waals surface area contributed by atoms with Crippen LogP contribution in [0.1, 0.15) is 99.3 Å². The number of carboxylic acids is 2. The lowest BCUT2D eigenvalue weighted by Gasteiger charge is -2.28. The zero-order chi connectivity index (χ0) is 54.5. The van der Waals surface area contributed by atoms with Gasteiger partial charge in [-0.25, -0.2) is 4.79 Å². The third kappa shape index (κ3) is 26.9. The van der Waals surface area contributed by atoms with E-state index in [1.54, 1.807) is 13.8 Å². The van der Waals surface area contributed by atoms with Gasteiger partial charge in [-0.05, 0) is 56.3 Å². The average Bonchev–Trinajstić information content (AvgIpc) is 3.27. The quantitative estimate of drug-likeness (QED) is 0.0160. The number of rotatable bonds is 35. The maximum absolute atomic E-state index is 13.9. The molecule has 0 heterocycles. The lowest BCUT2D eigenvalue weighted by atomic mass is 9.97. The zero-order valence-corrected chi connectivity index (χ0v) is 41.2. The number of nitrogens with one attached hydrogen (secondary N) is 8. The number of aliphatic imine (C=N–C) groups is 2. The van der Waals surface area contributed by atoms with Crippen LogP contribution in [0.2, 0.25) is 0 Å². The molecular weight excluding hydrogens is 937 g/mol. The molecule has 22 N–H and O–H groups in total. The van der Waals surface area contributed by atoms with Crippen molar-refractivity contribution < 1.29 is 63.0 Å². The Morgan fingerprint density at radius 2 is 1.00 bits per heavy atom. The Bertz CT molecular complexity index is 1910. The Hall–Kier alpha value is -7.33. The molecule has 0 unspecified atom stereocenters. The smallest absolute Gasteiger partial charge is 0.326 e. The second-order valence-electron chi connectivity index (χ2n) is 17.4. The summed E-state index contributed by atoms with van der Waals surface area (Å²) < 4.78 is 0. The van der Waals surface area contributed by atoms with Gasteiger partial charge in [0.25, 0.3) is 0 Å². The Morgan fingerprint density at radius 3 is 1.44 bits per heavy atom. The lowest BCUT2D eigenvalue weighted by molar-refractivity contribution is -0.144. The number of amides is 9. The minimum Gasteiger partial charge on any atom is -0.481 e. The van der Waals surface area contributed by atoms with Crippen LogP contribution in [0, 0.1) is 17.8 Å². The molecule has 0 aliphatic heterocycles. The van der Waals surface area contributed by atoms with E-state index in [0.717, 1.165) is 0 Å². The van der Waals surface area contributed by atoms with Crippen molar-refractivity contribution in [1.29, 1.82) is 0 Å². The van der Waals surface area contributed by atoms with E-state index in [1.807, 2.05) is 13.8 Å². The van der Waals surface area contributed by atoms with Crippen LogP contribution in [-0.4, -0.2) is 156 Å². The highest BCUT2D eigenvalue weighted by molar-refractivity contribution is 5.98. The molecule has 0 fully saturated rings. The fourth-order valence-electron chi connectivity index (χ4n) is 6.50. The molecule has 402 valence electrons. The number of guanidine groups is 2. The molecule has 9 amide bonds. The number of hydrogen-bond acceptors (Lipinski definition) is 14. The number of hydrogen-bond donors (Lipinski definition) is 16. The Morgan fingerprint density at radius 1 is 0.535 bits per heavy atom. The van der Waals surface area contributed by atoms with Gasteiger partial charge in [-0.3, -0.25) is 57.9 Å². The van der Waals surface area contributed by atoms with Gasteiger partial charge in [-0.15, -0.1) is 0 Å². The van der Waals surface area contributed by atoms with Crippen molar-refractivity contribution in [2.75, 3.05) is 26.2 Å². The molecule has 0 spiro atoms. The zero-order valence-electron chi connectivity index (χ0n) is 41.2. The molecular formula is C42H76N16O13. The van der Waals surface area contributed by atoms with Crippen LogP contribution in [0.15, 0.2) is 9.98 Å². The van der Waals surface area contributed by atoms with Crippen molar-refractivity contribution in [1.82, 2.24) is 42.5 Å². The van der Waals surface area contributed by atoms with Gasteiger partial charge in [0.15, 0.2) is 11.9 Å². The first kappa shape index (κ1) is 63.7. The van der Waals surface area contributed by atoms with Crippen molar-refractivity contribution in [3.63, 3.8) is 0 Å². The maximum atomic E-state index is 13.9. The van der Waals surface area contributed by atoms with Gasteiger partial charge in [-0.2, -0.15) is 0 Å². The van der Waals surface area contributed by atoms with E-state index in [1.165, 1.54) is 13.8 Å². The van der Waals surface area contributed by atoms with E-state index in [9.17, 15) is 63.0 Å². The van der Waals surface area contributed by atoms with E-state index in [2.05, 4.69) is 52.5 Å². The number of nitrogens with two attached hydrogens (primary N) is 6. The van der Waals surface area contributed by atoms with Crippen molar-refractivity contribution in [2.24, 2.45) is 62.1 Å². The highest BCUT2D eigenvalue weighted by atomic mass is 16.4. The summed E-state index contributed by atoms with van der Waals surface area (Å²) in [7, 11) is 0. The minimum absolute atomic E-state index is 0.0275. The number of carboxylic acid groups (broad SMARTS) is 2. The highest BCUT2D eigenvalue weighted by Crippen LogP contribution is 2.12. The summed E-state index contributed by atoms with van der Waals surface area (Å²) in [5, 5.41) is 38.4. The first-order valence-electron chi connectivity index (χ1n) is 23.1. The summed E-state index contributed by atoms with van der Waals surface area (Å²) in [6.45, 7) is 8.78. The first-order chi connectivity index (χ1) is 33.1. The molecule has 0 saturated carbocycles. The van der Waals surface area contributed by atoms with Gasteiger partial charge in [0, 0.05) is 19.5 Å². The molecule has 0 rings (SSSR count). The predicted octanol–water partition coefficient (Wildman–Crippen LogP) is -5.86. The molecule has 0 aromatic carbocycles. The topological polar surface area (TPSA) is 505 Å². The molecule has 29 nitrogen and oxygen atoms in total. The number of carbonyl (C=O) groups is 11. The molecule has 29 heteroatoms. The number of aliphatic carboxylic acids is 2. The van der Waals surface area contributed by atoms with Crippen LogP contribution < -0.4 is 76.9 Å². The van der Waals surface area contributed by atoms with Crippen LogP contribution in [0.5, 0.6) is 0 Å². The summed E-state index contributed by atoms with van der Waals surface area (Å²) in [6.07, 6.45) is -1.27. The minimum atomic E-state index is -1.83. The van der Waals surface area contributed by atoms with Gasteiger partial charge in [0.1, 0.15) is 42.3 Å². The van der Waals surface area contributed by atoms with Crippen LogP contribution in [0.25, 0.3) is 0 Å². The normalized spacial score (nSPS) is 14.3. The second kappa shape index (κ2) is 33.2. The van der Waals surface area contributed by atoms with Gasteiger partial charge < -0.3 is 87.1 Å². The molecule has 0 aromatic rings. The monoisotopic (exact) mass is 1010 g/mol. The van der Waals surface area contributed by atoms with Gasteiger partial charge in [-0.1, -0.05) is 48.0 Å². The van der Waals surface area contributed by atoms with E-state index in [-0.39, 0.29) is 69.5 Å². The van der Waals surface area contributed by atoms with Crippen LogP contribution in [0.4, 0.5) is 0 Å². The van der Waals surface area contributed by atoms with Crippen LogP contribution in [-0.2, 0) is 52.7 Å². The second-order valence-corrected chi connectivity index (χ2v) is 17.4. The van der Waals surface area contributed by atoms with E-state index >= 15 is 0 Å². The van der Waals surface area contributed by atoms with Crippen molar-refractivity contribution in [3.8, 4) is 0 Å². The summed E-state index contributed by atoms with van der Waals surface area (Å²) in [5.41, 5.74) is 32.5. The highest BCUT2D eigenvalue weighted by Gasteiger charge is 2.35. The fourth-order valence-corrected chi connectivity index (χ4v) is 6.50. The van der Waals surface area contributed by atoms with Gasteiger partial charge in [0.2, 0.25) is 53.2 Å². The Labute approximate surface area is 411 Å². The largest absolute Gasteiger partial charge is 0.481 e. The van der Waals surface area contributed by atoms with Crippen molar-refractivity contribution in [2.45, 2.75) is 142 Å². The van der Waals surface area contributed by atoms with Crippen molar-refractivity contribution in [3.05, 3.63) is 0 Å². The number of nitrogens with zero attached hydrogens (tertiary/aromatic N) is 2. The molecule has 8 atom stereocenters. The fraction of sp³-hybridized carbons (Fsp3) is 0.690. The summed E-state index contributed by atoms with van der Waals surface area (Å²) >= 11 is 0. The Balaban J connectivity index is 6.53. The molecule has 0 radical (unpaired) electrons. The van der Waals surface area contributed by atoms with Crippen LogP contribution >= 0.6 is 0 Å². The van der Waals surface area contributed by atoms with E-state index in [4.69, 9.17) is 34.4 Å². The number of carbonyl (C=O) groups excluding carboxylic acids is 9. The van der Waals surface area contributed by atoms with E-state index < -0.39 is 152 Å². The summed E-state index contributed by atoms with van der Waals surface area (Å²) in [6, 6.07) is -10.1. The van der Waals surface area contributed by atoms with Crippen LogP contribution in [0.3, 0.4) is 0 Å². The van der Waals surface area contributed by atoms with E-state index in [0.29, 0.717) is 0 Å².